The highest BCUT2D eigenvalue weighted by molar-refractivity contribution is 7.21. The van der Waals surface area contributed by atoms with Crippen molar-refractivity contribution in [1.82, 2.24) is 34.6 Å². The van der Waals surface area contributed by atoms with E-state index in [-0.39, 0.29) is 14.7 Å². The molecule has 0 spiro atoms. The summed E-state index contributed by atoms with van der Waals surface area (Å²) in [6.45, 7) is 7.41. The SMILES string of the molecule is Cc1ncc(C(=O)NCCN2CCCC2)cc1NC(=O)c1cnn2cc(-c3cnn(C)c3C)sc12.[HH].[HH]. The molecule has 186 valence electrons. The monoisotopic (exact) mass is 496 g/mol. The Labute approximate surface area is 209 Å². The first-order valence-electron chi connectivity index (χ1n) is 11.7. The second kappa shape index (κ2) is 9.59. The zero-order chi connectivity index (χ0) is 24.5. The maximum Gasteiger partial charge on any atom is 0.260 e. The van der Waals surface area contributed by atoms with Crippen LogP contribution in [0.5, 0.6) is 0 Å². The van der Waals surface area contributed by atoms with Gasteiger partial charge in [-0.2, -0.15) is 10.2 Å². The topological polar surface area (TPSA) is 109 Å². The standard InChI is InChI=1S/C24H28N8O2S.2H2/c1-15-20(10-17(11-26-15)22(33)25-6-9-31-7-4-5-8-31)29-23(34)19-13-28-32-14-21(35-24(19)32)18-12-27-30(3)16(18)2;;/h10-14H,4-9H2,1-3H3,(H,25,33)(H,29,34);2*1H. The van der Waals surface area contributed by atoms with E-state index in [1.165, 1.54) is 30.4 Å². The van der Waals surface area contributed by atoms with Crippen molar-refractivity contribution in [3.05, 3.63) is 53.4 Å². The zero-order valence-corrected chi connectivity index (χ0v) is 20.9. The second-order valence-electron chi connectivity index (χ2n) is 8.79. The molecule has 0 aromatic carbocycles. The van der Waals surface area contributed by atoms with Gasteiger partial charge in [-0.1, -0.05) is 0 Å². The Bertz CT molecular complexity index is 1410. The summed E-state index contributed by atoms with van der Waals surface area (Å²) >= 11 is 1.48. The number of nitrogens with one attached hydrogen (secondary N) is 2. The van der Waals surface area contributed by atoms with Gasteiger partial charge >= 0.3 is 0 Å². The molecule has 4 aromatic rings. The van der Waals surface area contributed by atoms with Crippen LogP contribution in [0, 0.1) is 13.8 Å². The van der Waals surface area contributed by atoms with Gasteiger partial charge in [0.05, 0.1) is 39.8 Å². The van der Waals surface area contributed by atoms with Crippen molar-refractivity contribution in [1.29, 1.82) is 0 Å². The molecule has 1 aliphatic heterocycles. The summed E-state index contributed by atoms with van der Waals surface area (Å²) in [6.07, 6.45) is 9.25. The van der Waals surface area contributed by atoms with Gasteiger partial charge < -0.3 is 15.5 Å². The molecule has 0 atom stereocenters. The summed E-state index contributed by atoms with van der Waals surface area (Å²) in [7, 11) is 1.90. The van der Waals surface area contributed by atoms with Gasteiger partial charge in [-0.05, 0) is 45.8 Å². The highest BCUT2D eigenvalue weighted by Gasteiger charge is 2.20. The molecule has 5 rings (SSSR count). The molecule has 4 aromatic heterocycles. The molecule has 10 nitrogen and oxygen atoms in total. The minimum atomic E-state index is -0.298. The van der Waals surface area contributed by atoms with Crippen LogP contribution < -0.4 is 10.6 Å². The van der Waals surface area contributed by atoms with E-state index in [1.54, 1.807) is 23.7 Å². The van der Waals surface area contributed by atoms with Gasteiger partial charge in [0.15, 0.2) is 0 Å². The molecule has 2 N–H and O–H groups in total. The van der Waals surface area contributed by atoms with Crippen LogP contribution >= 0.6 is 11.3 Å². The van der Waals surface area contributed by atoms with Gasteiger partial charge in [-0.25, -0.2) is 4.52 Å². The fourth-order valence-electron chi connectivity index (χ4n) is 4.22. The number of nitrogens with zero attached hydrogens (tertiary/aromatic N) is 6. The third-order valence-electron chi connectivity index (χ3n) is 6.45. The average molecular weight is 497 g/mol. The Morgan fingerprint density at radius 2 is 1.91 bits per heavy atom. The fourth-order valence-corrected chi connectivity index (χ4v) is 5.34. The van der Waals surface area contributed by atoms with Crippen LogP contribution in [0.1, 0.15) is 47.8 Å². The number of fused-ring (bicyclic) bond motifs is 1. The molecule has 0 radical (unpaired) electrons. The van der Waals surface area contributed by atoms with Crippen molar-refractivity contribution in [3.8, 4) is 10.4 Å². The molecule has 5 heterocycles. The Hall–Kier alpha value is -3.57. The number of rotatable bonds is 7. The third-order valence-corrected chi connectivity index (χ3v) is 7.60. The first-order chi connectivity index (χ1) is 16.9. The zero-order valence-electron chi connectivity index (χ0n) is 20.0. The molecule has 35 heavy (non-hydrogen) atoms. The van der Waals surface area contributed by atoms with E-state index in [2.05, 4.69) is 30.7 Å². The van der Waals surface area contributed by atoms with Crippen molar-refractivity contribution < 1.29 is 12.4 Å². The number of carbonyl (C=O) groups is 2. The van der Waals surface area contributed by atoms with E-state index in [1.807, 2.05) is 31.0 Å². The first-order valence-corrected chi connectivity index (χ1v) is 12.5. The number of amides is 2. The normalized spacial score (nSPS) is 14.0. The van der Waals surface area contributed by atoms with Crippen LogP contribution in [-0.2, 0) is 7.05 Å². The van der Waals surface area contributed by atoms with Crippen LogP contribution in [-0.4, -0.2) is 67.3 Å². The molecule has 2 amide bonds. The summed E-state index contributed by atoms with van der Waals surface area (Å²) in [4.78, 5) is 34.2. The minimum absolute atomic E-state index is 0. The number of hydrogen-bond donors (Lipinski definition) is 2. The number of carbonyl (C=O) groups excluding carboxylic acids is 2. The number of aryl methyl sites for hydroxylation is 2. The fraction of sp³-hybridized carbons (Fsp3) is 0.375. The lowest BCUT2D eigenvalue weighted by Crippen LogP contribution is -2.33. The van der Waals surface area contributed by atoms with E-state index >= 15 is 0 Å². The van der Waals surface area contributed by atoms with Crippen molar-refractivity contribution in [2.24, 2.45) is 7.05 Å². The summed E-state index contributed by atoms with van der Waals surface area (Å²) < 4.78 is 3.52. The van der Waals surface area contributed by atoms with Gasteiger partial charge in [-0.3, -0.25) is 19.3 Å². The lowest BCUT2D eigenvalue weighted by Gasteiger charge is -2.15. The Kier molecular flexibility index (Phi) is 6.35. The van der Waals surface area contributed by atoms with Gasteiger partial charge in [0.1, 0.15) is 4.83 Å². The van der Waals surface area contributed by atoms with Crippen LogP contribution in [0.25, 0.3) is 15.3 Å². The average Bonchev–Trinajstić information content (AvgIpc) is 3.62. The Morgan fingerprint density at radius 3 is 2.66 bits per heavy atom. The number of anilines is 1. The van der Waals surface area contributed by atoms with Crippen molar-refractivity contribution in [3.63, 3.8) is 0 Å². The molecular formula is C24H32N8O2S. The molecule has 1 saturated heterocycles. The van der Waals surface area contributed by atoms with Gasteiger partial charge in [0, 0.05) is 46.6 Å². The molecule has 1 fully saturated rings. The van der Waals surface area contributed by atoms with Crippen molar-refractivity contribution in [2.45, 2.75) is 26.7 Å². The largest absolute Gasteiger partial charge is 0.351 e. The highest BCUT2D eigenvalue weighted by atomic mass is 32.1. The molecular weight excluding hydrogens is 464 g/mol. The van der Waals surface area contributed by atoms with Crippen LogP contribution in [0.3, 0.4) is 0 Å². The van der Waals surface area contributed by atoms with Crippen molar-refractivity contribution in [2.75, 3.05) is 31.5 Å². The number of likely N-dealkylation sites (tertiary alicyclic amines) is 1. The Balaban J connectivity index is 0.00000190. The number of hydrogen-bond acceptors (Lipinski definition) is 7. The maximum atomic E-state index is 13.2. The maximum absolute atomic E-state index is 13.2. The third kappa shape index (κ3) is 4.69. The van der Waals surface area contributed by atoms with Crippen LogP contribution in [0.4, 0.5) is 5.69 Å². The highest BCUT2D eigenvalue weighted by Crippen LogP contribution is 2.32. The molecule has 0 bridgehead atoms. The molecule has 1 aliphatic rings. The summed E-state index contributed by atoms with van der Waals surface area (Å²) in [5.74, 6) is -0.498. The predicted octanol–water partition coefficient (Wildman–Crippen LogP) is 3.38. The molecule has 0 aliphatic carbocycles. The number of aromatic nitrogens is 5. The van der Waals surface area contributed by atoms with Gasteiger partial charge in [0.2, 0.25) is 0 Å². The number of pyridine rings is 1. The van der Waals surface area contributed by atoms with Crippen LogP contribution in [0.2, 0.25) is 0 Å². The minimum Gasteiger partial charge on any atom is -0.351 e. The molecule has 0 saturated carbocycles. The lowest BCUT2D eigenvalue weighted by atomic mass is 10.2. The lowest BCUT2D eigenvalue weighted by molar-refractivity contribution is 0.0948. The van der Waals surface area contributed by atoms with E-state index in [4.69, 9.17) is 0 Å². The molecule has 0 unspecified atom stereocenters. The summed E-state index contributed by atoms with van der Waals surface area (Å²) in [5.41, 5.74) is 4.06. The summed E-state index contributed by atoms with van der Waals surface area (Å²) in [6, 6.07) is 1.67. The predicted molar refractivity (Wildman–Crippen MR) is 139 cm³/mol. The summed E-state index contributed by atoms with van der Waals surface area (Å²) in [5, 5.41) is 14.5. The first kappa shape index (κ1) is 23.2. The van der Waals surface area contributed by atoms with E-state index in [0.29, 0.717) is 29.1 Å². The van der Waals surface area contributed by atoms with Gasteiger partial charge in [-0.15, -0.1) is 11.3 Å². The van der Waals surface area contributed by atoms with E-state index in [9.17, 15) is 9.59 Å². The molecule has 11 heteroatoms. The number of thiazole rings is 1. The second-order valence-corrected chi connectivity index (χ2v) is 9.82. The van der Waals surface area contributed by atoms with Crippen LogP contribution in [0.15, 0.2) is 30.9 Å². The quantitative estimate of drug-likeness (QED) is 0.406. The smallest absolute Gasteiger partial charge is 0.260 e. The Morgan fingerprint density at radius 1 is 1.11 bits per heavy atom. The van der Waals surface area contributed by atoms with Crippen molar-refractivity contribution >= 4 is 33.7 Å². The van der Waals surface area contributed by atoms with Gasteiger partial charge in [0.25, 0.3) is 11.8 Å². The van der Waals surface area contributed by atoms with E-state index in [0.717, 1.165) is 40.6 Å². The van der Waals surface area contributed by atoms with E-state index < -0.39 is 0 Å².